The average molecular weight is 592 g/mol. The molecule has 0 aromatic heterocycles. The number of carbonyl (C=O) groups excluding carboxylic acids is 3. The lowest BCUT2D eigenvalue weighted by atomic mass is 10.1. The van der Waals surface area contributed by atoms with Crippen molar-refractivity contribution in [2.75, 3.05) is 26.2 Å². The highest BCUT2D eigenvalue weighted by Gasteiger charge is 2.37. The number of likely N-dealkylation sites (tertiary alicyclic amines) is 1. The molecule has 2 aromatic carbocycles. The van der Waals surface area contributed by atoms with Gasteiger partial charge < -0.3 is 14.4 Å². The van der Waals surface area contributed by atoms with Crippen molar-refractivity contribution >= 4 is 57.5 Å². The molecule has 2 aromatic rings. The van der Waals surface area contributed by atoms with Gasteiger partial charge in [-0.15, -0.1) is 0 Å². The first-order valence-corrected chi connectivity index (χ1v) is 13.0. The van der Waals surface area contributed by atoms with Gasteiger partial charge in [-0.3, -0.25) is 19.3 Å². The summed E-state index contributed by atoms with van der Waals surface area (Å²) < 4.78 is 12.7. The van der Waals surface area contributed by atoms with Crippen LogP contribution in [0.5, 0.6) is 11.5 Å². The van der Waals surface area contributed by atoms with Crippen LogP contribution in [0, 0.1) is 3.57 Å². The maximum Gasteiger partial charge on any atom is 0.294 e. The van der Waals surface area contributed by atoms with Gasteiger partial charge in [0.1, 0.15) is 13.2 Å². The molecule has 2 fully saturated rings. The summed E-state index contributed by atoms with van der Waals surface area (Å²) in [7, 11) is 0. The Bertz CT molecular complexity index is 1120. The van der Waals surface area contributed by atoms with Gasteiger partial charge in [0.2, 0.25) is 5.91 Å². The first kappa shape index (κ1) is 24.6. The molecule has 0 bridgehead atoms. The molecule has 2 saturated heterocycles. The highest BCUT2D eigenvalue weighted by Crippen LogP contribution is 2.38. The quantitative estimate of drug-likeness (QED) is 0.320. The van der Waals surface area contributed by atoms with E-state index in [1.165, 1.54) is 0 Å². The number of benzene rings is 2. The Kier molecular flexibility index (Phi) is 8.15. The van der Waals surface area contributed by atoms with Crippen molar-refractivity contribution in [3.63, 3.8) is 0 Å². The molecule has 0 atom stereocenters. The number of hydrogen-bond acceptors (Lipinski definition) is 6. The van der Waals surface area contributed by atoms with Crippen LogP contribution in [0.1, 0.15) is 30.9 Å². The number of nitrogens with zero attached hydrogens (tertiary/aromatic N) is 2. The zero-order valence-electron chi connectivity index (χ0n) is 18.8. The minimum Gasteiger partial charge on any atom is -0.490 e. The Hall–Kier alpha value is -2.53. The van der Waals surface area contributed by atoms with E-state index < -0.39 is 11.1 Å². The van der Waals surface area contributed by atoms with Crippen LogP contribution in [-0.4, -0.2) is 53.1 Å². The van der Waals surface area contributed by atoms with E-state index in [9.17, 15) is 14.4 Å². The Labute approximate surface area is 216 Å². The van der Waals surface area contributed by atoms with Crippen LogP contribution in [0.2, 0.25) is 0 Å². The van der Waals surface area contributed by atoms with Gasteiger partial charge in [-0.2, -0.15) is 0 Å². The molecule has 34 heavy (non-hydrogen) atoms. The first-order chi connectivity index (χ1) is 16.5. The second-order valence-electron chi connectivity index (χ2n) is 7.89. The summed E-state index contributed by atoms with van der Waals surface area (Å²) in [4.78, 5) is 40.8. The first-order valence-electron chi connectivity index (χ1n) is 11.1. The van der Waals surface area contributed by atoms with Gasteiger partial charge >= 0.3 is 0 Å². The normalized spacial score (nSPS) is 17.1. The fraction of sp³-hybridized carbons (Fsp3) is 0.320. The number of rotatable bonds is 8. The van der Waals surface area contributed by atoms with Crippen molar-refractivity contribution < 1.29 is 23.9 Å². The molecule has 0 spiro atoms. The molecule has 0 aliphatic carbocycles. The highest BCUT2D eigenvalue weighted by atomic mass is 127. The second-order valence-corrected chi connectivity index (χ2v) is 10.0. The lowest BCUT2D eigenvalue weighted by Crippen LogP contribution is -2.40. The summed E-state index contributed by atoms with van der Waals surface area (Å²) in [5, 5.41) is -0.425. The fourth-order valence-corrected chi connectivity index (χ4v) is 5.41. The molecule has 0 unspecified atom stereocenters. The summed E-state index contributed by atoms with van der Waals surface area (Å²) in [5.41, 5.74) is 1.76. The van der Waals surface area contributed by atoms with Crippen molar-refractivity contribution in [1.29, 1.82) is 0 Å². The molecule has 0 radical (unpaired) electrons. The Morgan fingerprint density at radius 2 is 1.85 bits per heavy atom. The van der Waals surface area contributed by atoms with Crippen LogP contribution >= 0.6 is 34.4 Å². The molecule has 0 N–H and O–H groups in total. The molecule has 2 heterocycles. The van der Waals surface area contributed by atoms with E-state index in [-0.39, 0.29) is 17.4 Å². The third-order valence-corrected chi connectivity index (χ3v) is 7.19. The Balaban J connectivity index is 1.51. The maximum atomic E-state index is 12.9. The number of carbonyl (C=O) groups is 3. The van der Waals surface area contributed by atoms with Crippen LogP contribution in [0.3, 0.4) is 0 Å². The van der Waals surface area contributed by atoms with Crippen molar-refractivity contribution in [2.45, 2.75) is 26.4 Å². The molecule has 7 nitrogen and oxygen atoms in total. The summed E-state index contributed by atoms with van der Waals surface area (Å²) in [6.07, 6.45) is 3.58. The van der Waals surface area contributed by atoms with Crippen LogP contribution in [0.15, 0.2) is 47.4 Å². The van der Waals surface area contributed by atoms with Gasteiger partial charge in [0.05, 0.1) is 15.1 Å². The van der Waals surface area contributed by atoms with E-state index in [0.29, 0.717) is 37.8 Å². The highest BCUT2D eigenvalue weighted by molar-refractivity contribution is 14.1. The Morgan fingerprint density at radius 3 is 2.56 bits per heavy atom. The predicted octanol–water partition coefficient (Wildman–Crippen LogP) is 4.93. The van der Waals surface area contributed by atoms with E-state index in [2.05, 4.69) is 22.6 Å². The van der Waals surface area contributed by atoms with Gasteiger partial charge in [-0.05, 0) is 83.5 Å². The lowest BCUT2D eigenvalue weighted by molar-refractivity contribution is -0.135. The second kappa shape index (κ2) is 11.3. The smallest absolute Gasteiger partial charge is 0.294 e. The molecule has 2 aliphatic rings. The third-order valence-electron chi connectivity index (χ3n) is 5.48. The lowest BCUT2D eigenvalue weighted by Gasteiger charge is -2.18. The molecule has 3 amide bonds. The van der Waals surface area contributed by atoms with Gasteiger partial charge in [-0.25, -0.2) is 0 Å². The zero-order valence-corrected chi connectivity index (χ0v) is 21.8. The summed E-state index contributed by atoms with van der Waals surface area (Å²) in [5.74, 6) is 0.571. The van der Waals surface area contributed by atoms with Gasteiger partial charge in [-0.1, -0.05) is 30.3 Å². The third kappa shape index (κ3) is 5.75. The van der Waals surface area contributed by atoms with Crippen molar-refractivity contribution in [2.24, 2.45) is 0 Å². The van der Waals surface area contributed by atoms with Gasteiger partial charge in [0.15, 0.2) is 11.5 Å². The average Bonchev–Trinajstić information content (AvgIpc) is 3.45. The summed E-state index contributed by atoms with van der Waals surface area (Å²) >= 11 is 3.03. The van der Waals surface area contributed by atoms with Gasteiger partial charge in [0.25, 0.3) is 11.1 Å². The van der Waals surface area contributed by atoms with Crippen LogP contribution in [0.4, 0.5) is 4.79 Å². The number of hydrogen-bond donors (Lipinski definition) is 0. The minimum absolute atomic E-state index is 0.186. The largest absolute Gasteiger partial charge is 0.490 e. The predicted molar refractivity (Wildman–Crippen MR) is 140 cm³/mol. The van der Waals surface area contributed by atoms with Crippen molar-refractivity contribution in [3.05, 3.63) is 62.1 Å². The molecular weight excluding hydrogens is 567 g/mol. The number of thioether (sulfide) groups is 1. The van der Waals surface area contributed by atoms with E-state index in [1.807, 2.05) is 43.3 Å². The van der Waals surface area contributed by atoms with E-state index in [4.69, 9.17) is 9.47 Å². The van der Waals surface area contributed by atoms with Crippen LogP contribution in [-0.2, 0) is 16.2 Å². The van der Waals surface area contributed by atoms with Crippen LogP contribution < -0.4 is 9.47 Å². The van der Waals surface area contributed by atoms with Crippen LogP contribution in [0.25, 0.3) is 6.08 Å². The molecule has 0 saturated carbocycles. The molecule has 178 valence electrons. The van der Waals surface area contributed by atoms with E-state index in [1.54, 1.807) is 17.0 Å². The topological polar surface area (TPSA) is 76.2 Å². The van der Waals surface area contributed by atoms with Crippen molar-refractivity contribution in [3.8, 4) is 11.5 Å². The monoisotopic (exact) mass is 592 g/mol. The number of ether oxygens (including phenoxy) is 2. The SMILES string of the molecule is CCOc1cc(/C=C2/SC(=O)N(CC(=O)N3CCCC3)C2=O)cc(I)c1OCc1ccccc1. The molecule has 9 heteroatoms. The molecule has 2 aliphatic heterocycles. The maximum absolute atomic E-state index is 12.9. The molecule has 4 rings (SSSR count). The van der Waals surface area contributed by atoms with Crippen molar-refractivity contribution in [1.82, 2.24) is 9.80 Å². The van der Waals surface area contributed by atoms with E-state index in [0.717, 1.165) is 44.2 Å². The Morgan fingerprint density at radius 1 is 1.12 bits per heavy atom. The summed E-state index contributed by atoms with van der Waals surface area (Å²) in [6, 6.07) is 13.5. The standard InChI is InChI=1S/C25H25IN2O5S/c1-2-32-20-13-18(12-19(26)23(20)33-16-17-8-4-3-5-9-17)14-21-24(30)28(25(31)34-21)15-22(29)27-10-6-7-11-27/h3-5,8-9,12-14H,2,6-7,10-11,15-16H2,1H3/b21-14+. The fourth-order valence-electron chi connectivity index (χ4n) is 3.79. The van der Waals surface area contributed by atoms with Gasteiger partial charge in [0, 0.05) is 13.1 Å². The number of halogens is 1. The minimum atomic E-state index is -0.445. The zero-order chi connectivity index (χ0) is 24.1. The number of amides is 3. The summed E-state index contributed by atoms with van der Waals surface area (Å²) in [6.45, 7) is 3.90. The number of imide groups is 1. The van der Waals surface area contributed by atoms with E-state index >= 15 is 0 Å². The molecular formula is C25H25IN2O5S.